The Kier molecular flexibility index (Phi) is 5.65. The molecule has 0 atom stereocenters. The minimum atomic E-state index is 1.07. The normalized spacial score (nSPS) is 9.94. The SMILES string of the molecule is CCCc1c[nH]c2ccccc12.CCNC. The van der Waals surface area contributed by atoms with E-state index < -0.39 is 0 Å². The van der Waals surface area contributed by atoms with E-state index in [4.69, 9.17) is 0 Å². The molecule has 16 heavy (non-hydrogen) atoms. The molecule has 0 fully saturated rings. The van der Waals surface area contributed by atoms with Gasteiger partial charge in [-0.15, -0.1) is 0 Å². The fraction of sp³-hybridized carbons (Fsp3) is 0.429. The maximum Gasteiger partial charge on any atom is 0.0456 e. The summed E-state index contributed by atoms with van der Waals surface area (Å²) in [4.78, 5) is 3.27. The van der Waals surface area contributed by atoms with Crippen LogP contribution in [0.3, 0.4) is 0 Å². The van der Waals surface area contributed by atoms with Gasteiger partial charge in [0, 0.05) is 17.1 Å². The highest BCUT2D eigenvalue weighted by atomic mass is 14.8. The van der Waals surface area contributed by atoms with E-state index in [0.29, 0.717) is 0 Å². The smallest absolute Gasteiger partial charge is 0.0456 e. The van der Waals surface area contributed by atoms with Gasteiger partial charge in [0.25, 0.3) is 0 Å². The van der Waals surface area contributed by atoms with Gasteiger partial charge in [0.2, 0.25) is 0 Å². The number of hydrogen-bond donors (Lipinski definition) is 2. The molecule has 2 heteroatoms. The molecule has 0 saturated carbocycles. The Labute approximate surface area is 98.1 Å². The standard InChI is InChI=1S/C11H13N.C3H9N/c1-2-5-9-8-12-11-7-4-3-6-10(9)11;1-3-4-2/h3-4,6-8,12H,2,5H2,1H3;4H,3H2,1-2H3. The molecular weight excluding hydrogens is 196 g/mol. The van der Waals surface area contributed by atoms with Crippen molar-refractivity contribution < 1.29 is 0 Å². The van der Waals surface area contributed by atoms with Gasteiger partial charge in [-0.25, -0.2) is 0 Å². The summed E-state index contributed by atoms with van der Waals surface area (Å²) in [7, 11) is 1.93. The van der Waals surface area contributed by atoms with Crippen molar-refractivity contribution in [2.45, 2.75) is 26.7 Å². The molecule has 0 aliphatic rings. The van der Waals surface area contributed by atoms with Gasteiger partial charge in [-0.05, 0) is 31.6 Å². The van der Waals surface area contributed by atoms with E-state index in [1.807, 2.05) is 7.05 Å². The van der Waals surface area contributed by atoms with E-state index in [0.717, 1.165) is 6.54 Å². The molecule has 0 aliphatic heterocycles. The van der Waals surface area contributed by atoms with Crippen molar-refractivity contribution in [3.05, 3.63) is 36.0 Å². The number of aryl methyl sites for hydroxylation is 1. The first-order valence-corrected chi connectivity index (χ1v) is 6.03. The topological polar surface area (TPSA) is 27.8 Å². The summed E-state index contributed by atoms with van der Waals surface area (Å²) in [6.07, 6.45) is 4.50. The molecule has 1 aromatic carbocycles. The monoisotopic (exact) mass is 218 g/mol. The molecule has 1 aromatic heterocycles. The first-order chi connectivity index (χ1) is 7.83. The van der Waals surface area contributed by atoms with Crippen LogP contribution in [0.15, 0.2) is 30.5 Å². The number of para-hydroxylation sites is 1. The number of nitrogens with one attached hydrogen (secondary N) is 2. The van der Waals surface area contributed by atoms with Crippen molar-refractivity contribution in [1.82, 2.24) is 10.3 Å². The van der Waals surface area contributed by atoms with Gasteiger partial charge >= 0.3 is 0 Å². The number of fused-ring (bicyclic) bond motifs is 1. The summed E-state index contributed by atoms with van der Waals surface area (Å²) in [5, 5.41) is 4.30. The van der Waals surface area contributed by atoms with Crippen LogP contribution in [-0.4, -0.2) is 18.6 Å². The predicted molar refractivity (Wildman–Crippen MR) is 71.9 cm³/mol. The molecule has 0 bridgehead atoms. The van der Waals surface area contributed by atoms with Crippen LogP contribution in [0.5, 0.6) is 0 Å². The lowest BCUT2D eigenvalue weighted by atomic mass is 10.1. The van der Waals surface area contributed by atoms with Crippen LogP contribution in [-0.2, 0) is 6.42 Å². The number of H-pyrrole nitrogens is 1. The largest absolute Gasteiger partial charge is 0.361 e. The van der Waals surface area contributed by atoms with Gasteiger partial charge in [-0.2, -0.15) is 0 Å². The number of aromatic nitrogens is 1. The highest BCUT2D eigenvalue weighted by molar-refractivity contribution is 5.82. The molecule has 0 aliphatic carbocycles. The van der Waals surface area contributed by atoms with Crippen molar-refractivity contribution in [3.8, 4) is 0 Å². The predicted octanol–water partition coefficient (Wildman–Crippen LogP) is 3.35. The molecule has 2 aromatic rings. The Bertz CT molecular complexity index is 402. The third-order valence-corrected chi connectivity index (χ3v) is 2.55. The third kappa shape index (κ3) is 3.38. The molecule has 2 N–H and O–H groups in total. The van der Waals surface area contributed by atoms with Gasteiger partial charge in [-0.3, -0.25) is 0 Å². The fourth-order valence-electron chi connectivity index (χ4n) is 1.61. The molecule has 88 valence electrons. The summed E-state index contributed by atoms with van der Waals surface area (Å²) < 4.78 is 0. The number of rotatable bonds is 3. The molecular formula is C14H22N2. The van der Waals surface area contributed by atoms with Crippen LogP contribution in [0.4, 0.5) is 0 Å². The summed E-state index contributed by atoms with van der Waals surface area (Å²) >= 11 is 0. The number of benzene rings is 1. The highest BCUT2D eigenvalue weighted by Gasteiger charge is 1.99. The average Bonchev–Trinajstić information content (AvgIpc) is 2.74. The van der Waals surface area contributed by atoms with Crippen molar-refractivity contribution in [2.24, 2.45) is 0 Å². The second-order valence-electron chi connectivity index (χ2n) is 3.82. The van der Waals surface area contributed by atoms with Crippen molar-refractivity contribution >= 4 is 10.9 Å². The summed E-state index contributed by atoms with van der Waals surface area (Å²) in [6, 6.07) is 8.45. The summed E-state index contributed by atoms with van der Waals surface area (Å²) in [6.45, 7) is 5.35. The fourth-order valence-corrected chi connectivity index (χ4v) is 1.61. The van der Waals surface area contributed by atoms with E-state index in [2.05, 4.69) is 54.6 Å². The zero-order valence-electron chi connectivity index (χ0n) is 10.5. The minimum Gasteiger partial charge on any atom is -0.361 e. The van der Waals surface area contributed by atoms with Gasteiger partial charge in [-0.1, -0.05) is 38.5 Å². The molecule has 2 rings (SSSR count). The van der Waals surface area contributed by atoms with Crippen LogP contribution in [0.25, 0.3) is 10.9 Å². The van der Waals surface area contributed by atoms with Crippen molar-refractivity contribution in [3.63, 3.8) is 0 Å². The first kappa shape index (κ1) is 12.8. The maximum atomic E-state index is 3.27. The number of hydrogen-bond acceptors (Lipinski definition) is 1. The zero-order valence-corrected chi connectivity index (χ0v) is 10.5. The Morgan fingerprint density at radius 2 is 1.88 bits per heavy atom. The van der Waals surface area contributed by atoms with Gasteiger partial charge in [0.15, 0.2) is 0 Å². The molecule has 0 amide bonds. The molecule has 0 spiro atoms. The third-order valence-electron chi connectivity index (χ3n) is 2.55. The lowest BCUT2D eigenvalue weighted by molar-refractivity contribution is 0.864. The maximum absolute atomic E-state index is 3.27. The molecule has 0 unspecified atom stereocenters. The second-order valence-corrected chi connectivity index (χ2v) is 3.82. The molecule has 0 saturated heterocycles. The van der Waals surface area contributed by atoms with Crippen LogP contribution in [0.1, 0.15) is 25.8 Å². The Morgan fingerprint density at radius 3 is 2.50 bits per heavy atom. The number of aromatic amines is 1. The van der Waals surface area contributed by atoms with Crippen LogP contribution in [0, 0.1) is 0 Å². The molecule has 0 radical (unpaired) electrons. The Hall–Kier alpha value is -1.28. The lowest BCUT2D eigenvalue weighted by Gasteiger charge is -1.93. The van der Waals surface area contributed by atoms with Crippen molar-refractivity contribution in [2.75, 3.05) is 13.6 Å². The van der Waals surface area contributed by atoms with E-state index in [9.17, 15) is 0 Å². The van der Waals surface area contributed by atoms with Crippen molar-refractivity contribution in [1.29, 1.82) is 0 Å². The lowest BCUT2D eigenvalue weighted by Crippen LogP contribution is -2.01. The average molecular weight is 218 g/mol. The molecule has 1 heterocycles. The zero-order chi connectivity index (χ0) is 11.8. The van der Waals surface area contributed by atoms with Crippen LogP contribution >= 0.6 is 0 Å². The second kappa shape index (κ2) is 7.07. The molecule has 2 nitrogen and oxygen atoms in total. The Balaban J connectivity index is 0.000000280. The summed E-state index contributed by atoms with van der Waals surface area (Å²) in [5.74, 6) is 0. The van der Waals surface area contributed by atoms with Crippen LogP contribution < -0.4 is 5.32 Å². The van der Waals surface area contributed by atoms with E-state index in [1.165, 1.54) is 29.3 Å². The highest BCUT2D eigenvalue weighted by Crippen LogP contribution is 2.18. The quantitative estimate of drug-likeness (QED) is 0.812. The Morgan fingerprint density at radius 1 is 1.19 bits per heavy atom. The summed E-state index contributed by atoms with van der Waals surface area (Å²) in [5.41, 5.74) is 2.69. The van der Waals surface area contributed by atoms with Gasteiger partial charge < -0.3 is 10.3 Å². The van der Waals surface area contributed by atoms with Gasteiger partial charge in [0.1, 0.15) is 0 Å². The van der Waals surface area contributed by atoms with E-state index >= 15 is 0 Å². The van der Waals surface area contributed by atoms with Gasteiger partial charge in [0.05, 0.1) is 0 Å². The first-order valence-electron chi connectivity index (χ1n) is 6.03. The van der Waals surface area contributed by atoms with E-state index in [1.54, 1.807) is 0 Å². The van der Waals surface area contributed by atoms with Crippen LogP contribution in [0.2, 0.25) is 0 Å². The van der Waals surface area contributed by atoms with E-state index in [-0.39, 0.29) is 0 Å². The minimum absolute atomic E-state index is 1.07.